The Morgan fingerprint density at radius 2 is 1.82 bits per heavy atom. The van der Waals surface area contributed by atoms with Crippen LogP contribution >= 0.6 is 0 Å². The van der Waals surface area contributed by atoms with Gasteiger partial charge in [-0.1, -0.05) is 42.5 Å². The molecule has 28 heavy (non-hydrogen) atoms. The number of sulfonamides is 1. The number of carbonyl (C=O) groups is 1. The lowest BCUT2D eigenvalue weighted by atomic mass is 10.2. The van der Waals surface area contributed by atoms with E-state index in [2.05, 4.69) is 10.5 Å². The Labute approximate surface area is 164 Å². The number of nitrogens with one attached hydrogen (secondary N) is 1. The Morgan fingerprint density at radius 1 is 1.07 bits per heavy atom. The van der Waals surface area contributed by atoms with Crippen LogP contribution in [0.3, 0.4) is 0 Å². The lowest BCUT2D eigenvalue weighted by molar-refractivity contribution is 0.0730. The lowest BCUT2D eigenvalue weighted by Crippen LogP contribution is -2.40. The number of carbonyl (C=O) groups excluding carboxylic acids is 1. The molecule has 2 aromatic rings. The fourth-order valence-corrected chi connectivity index (χ4v) is 4.11. The molecule has 0 radical (unpaired) electrons. The predicted molar refractivity (Wildman–Crippen MR) is 107 cm³/mol. The first-order chi connectivity index (χ1) is 13.6. The number of allylic oxidation sites excluding steroid dienone is 1. The normalized spacial score (nSPS) is 15.9. The number of rotatable bonds is 6. The van der Waals surface area contributed by atoms with Crippen molar-refractivity contribution in [2.24, 2.45) is 5.10 Å². The maximum atomic E-state index is 12.7. The Morgan fingerprint density at radius 3 is 2.57 bits per heavy atom. The number of morpholine rings is 1. The molecule has 8 heteroatoms. The van der Waals surface area contributed by atoms with Crippen LogP contribution in [0.25, 0.3) is 6.08 Å². The van der Waals surface area contributed by atoms with Crippen LogP contribution in [0.5, 0.6) is 0 Å². The van der Waals surface area contributed by atoms with Crippen LogP contribution in [0.2, 0.25) is 0 Å². The first kappa shape index (κ1) is 19.9. The number of amides is 1. The van der Waals surface area contributed by atoms with Gasteiger partial charge in [-0.05, 0) is 29.8 Å². The summed E-state index contributed by atoms with van der Waals surface area (Å²) in [5, 5.41) is 3.86. The minimum atomic E-state index is -3.65. The van der Waals surface area contributed by atoms with Gasteiger partial charge in [0.15, 0.2) is 0 Å². The Bertz CT molecular complexity index is 966. The molecular weight excluding hydrogens is 378 g/mol. The van der Waals surface area contributed by atoms with Gasteiger partial charge in [-0.2, -0.15) is 9.41 Å². The van der Waals surface area contributed by atoms with Crippen molar-refractivity contribution < 1.29 is 17.9 Å². The summed E-state index contributed by atoms with van der Waals surface area (Å²) in [5.41, 5.74) is 3.63. The van der Waals surface area contributed by atoms with Crippen molar-refractivity contribution in [3.05, 3.63) is 71.8 Å². The van der Waals surface area contributed by atoms with Gasteiger partial charge in [0, 0.05) is 24.9 Å². The van der Waals surface area contributed by atoms with Crippen LogP contribution in [-0.4, -0.2) is 51.1 Å². The molecule has 1 aliphatic rings. The van der Waals surface area contributed by atoms with Crippen LogP contribution in [0.4, 0.5) is 0 Å². The second-order valence-electron chi connectivity index (χ2n) is 6.03. The fourth-order valence-electron chi connectivity index (χ4n) is 2.66. The van der Waals surface area contributed by atoms with E-state index in [-0.39, 0.29) is 10.5 Å². The van der Waals surface area contributed by atoms with Crippen LogP contribution in [0, 0.1) is 0 Å². The molecule has 0 unspecified atom stereocenters. The van der Waals surface area contributed by atoms with Crippen LogP contribution in [0.1, 0.15) is 15.9 Å². The largest absolute Gasteiger partial charge is 0.379 e. The highest BCUT2D eigenvalue weighted by Crippen LogP contribution is 2.18. The average molecular weight is 399 g/mol. The van der Waals surface area contributed by atoms with Crippen molar-refractivity contribution >= 4 is 28.2 Å². The van der Waals surface area contributed by atoms with E-state index in [0.29, 0.717) is 26.3 Å². The molecule has 1 amide bonds. The molecule has 0 bridgehead atoms. The van der Waals surface area contributed by atoms with Gasteiger partial charge in [-0.25, -0.2) is 13.8 Å². The van der Waals surface area contributed by atoms with E-state index in [0.717, 1.165) is 5.56 Å². The highest BCUT2D eigenvalue weighted by atomic mass is 32.2. The Kier molecular flexibility index (Phi) is 6.70. The topological polar surface area (TPSA) is 88.1 Å². The van der Waals surface area contributed by atoms with Gasteiger partial charge in [0.2, 0.25) is 10.0 Å². The summed E-state index contributed by atoms with van der Waals surface area (Å²) >= 11 is 0. The number of nitrogens with zero attached hydrogens (tertiary/aromatic N) is 2. The smallest absolute Gasteiger partial charge is 0.271 e. The van der Waals surface area contributed by atoms with Crippen LogP contribution in [0.15, 0.2) is 70.7 Å². The summed E-state index contributed by atoms with van der Waals surface area (Å²) in [5.74, 6) is -0.483. The summed E-state index contributed by atoms with van der Waals surface area (Å²) in [6.07, 6.45) is 5.01. The summed E-state index contributed by atoms with van der Waals surface area (Å²) in [4.78, 5) is 12.3. The van der Waals surface area contributed by atoms with E-state index >= 15 is 0 Å². The summed E-state index contributed by atoms with van der Waals surface area (Å²) < 4.78 is 31.9. The van der Waals surface area contributed by atoms with Gasteiger partial charge < -0.3 is 4.74 Å². The number of hydrogen-bond donors (Lipinski definition) is 1. The summed E-state index contributed by atoms with van der Waals surface area (Å²) in [6.45, 7) is 1.34. The second-order valence-corrected chi connectivity index (χ2v) is 7.97. The van der Waals surface area contributed by atoms with Gasteiger partial charge in [0.05, 0.1) is 18.1 Å². The van der Waals surface area contributed by atoms with Crippen molar-refractivity contribution in [3.8, 4) is 0 Å². The molecule has 1 N–H and O–H groups in total. The van der Waals surface area contributed by atoms with Gasteiger partial charge in [0.25, 0.3) is 5.91 Å². The second kappa shape index (κ2) is 9.41. The van der Waals surface area contributed by atoms with E-state index in [9.17, 15) is 13.2 Å². The third-order valence-corrected chi connectivity index (χ3v) is 6.01. The molecule has 0 saturated carbocycles. The van der Waals surface area contributed by atoms with Crippen molar-refractivity contribution in [1.82, 2.24) is 9.73 Å². The Hall–Kier alpha value is -2.81. The van der Waals surface area contributed by atoms with E-state index in [1.54, 1.807) is 18.2 Å². The van der Waals surface area contributed by atoms with Gasteiger partial charge >= 0.3 is 0 Å². The molecule has 3 rings (SSSR count). The highest BCUT2D eigenvalue weighted by Gasteiger charge is 2.26. The maximum Gasteiger partial charge on any atom is 0.271 e. The molecule has 0 aliphatic carbocycles. The zero-order chi connectivity index (χ0) is 19.8. The molecule has 146 valence electrons. The van der Waals surface area contributed by atoms with Crippen molar-refractivity contribution in [2.45, 2.75) is 4.90 Å². The van der Waals surface area contributed by atoms with Gasteiger partial charge in [-0.15, -0.1) is 0 Å². The van der Waals surface area contributed by atoms with E-state index in [4.69, 9.17) is 4.74 Å². The zero-order valence-electron chi connectivity index (χ0n) is 15.2. The minimum absolute atomic E-state index is 0.0787. The van der Waals surface area contributed by atoms with E-state index in [1.165, 1.54) is 22.7 Å². The standard InChI is InChI=1S/C20H21N3O4S/c24-20(22-21-11-5-8-17-6-2-1-3-7-17)18-9-4-10-19(16-18)28(25,26)23-12-14-27-15-13-23/h1-11,16H,12-15H2,(H,22,24)/b8-5+,21-11+. The molecular formula is C20H21N3O4S. The molecule has 1 fully saturated rings. The van der Waals surface area contributed by atoms with Crippen LogP contribution < -0.4 is 5.43 Å². The Balaban J connectivity index is 1.63. The maximum absolute atomic E-state index is 12.7. The molecule has 1 heterocycles. The third kappa shape index (κ3) is 5.13. The molecule has 1 aliphatic heterocycles. The monoisotopic (exact) mass is 399 g/mol. The van der Waals surface area contributed by atoms with E-state index < -0.39 is 15.9 Å². The fraction of sp³-hybridized carbons (Fsp3) is 0.200. The zero-order valence-corrected chi connectivity index (χ0v) is 16.0. The molecule has 7 nitrogen and oxygen atoms in total. The van der Waals surface area contributed by atoms with E-state index in [1.807, 2.05) is 36.4 Å². The molecule has 1 saturated heterocycles. The first-order valence-electron chi connectivity index (χ1n) is 8.80. The number of hydrogen-bond acceptors (Lipinski definition) is 5. The quantitative estimate of drug-likeness (QED) is 0.595. The average Bonchev–Trinajstić information content (AvgIpc) is 2.75. The number of ether oxygens (including phenoxy) is 1. The molecule has 0 aromatic heterocycles. The summed E-state index contributed by atoms with van der Waals surface area (Å²) in [7, 11) is -3.65. The lowest BCUT2D eigenvalue weighted by Gasteiger charge is -2.26. The van der Waals surface area contributed by atoms with Gasteiger partial charge in [0.1, 0.15) is 0 Å². The highest BCUT2D eigenvalue weighted by molar-refractivity contribution is 7.89. The number of benzene rings is 2. The molecule has 0 spiro atoms. The number of hydrazone groups is 1. The molecule has 0 atom stereocenters. The van der Waals surface area contributed by atoms with Crippen molar-refractivity contribution in [3.63, 3.8) is 0 Å². The first-order valence-corrected chi connectivity index (χ1v) is 10.2. The molecule has 2 aromatic carbocycles. The van der Waals surface area contributed by atoms with Crippen molar-refractivity contribution in [2.75, 3.05) is 26.3 Å². The van der Waals surface area contributed by atoms with Crippen LogP contribution in [-0.2, 0) is 14.8 Å². The van der Waals surface area contributed by atoms with Crippen molar-refractivity contribution in [1.29, 1.82) is 0 Å². The van der Waals surface area contributed by atoms with Gasteiger partial charge in [-0.3, -0.25) is 4.79 Å². The third-order valence-electron chi connectivity index (χ3n) is 4.12. The predicted octanol–water partition coefficient (Wildman–Crippen LogP) is 2.14. The summed E-state index contributed by atoms with van der Waals surface area (Å²) in [6, 6.07) is 15.6. The minimum Gasteiger partial charge on any atom is -0.379 e. The SMILES string of the molecule is O=C(N/N=C/C=C/c1ccccc1)c1cccc(S(=O)(=O)N2CCOCC2)c1.